The van der Waals surface area contributed by atoms with Gasteiger partial charge in [-0.3, -0.25) is 10.5 Å². The van der Waals surface area contributed by atoms with Crippen molar-refractivity contribution in [3.63, 3.8) is 0 Å². The van der Waals surface area contributed by atoms with E-state index in [-0.39, 0.29) is 39.8 Å². The highest BCUT2D eigenvalue weighted by molar-refractivity contribution is 7.14. The maximum Gasteiger partial charge on any atom is 0.346 e. The van der Waals surface area contributed by atoms with Crippen molar-refractivity contribution in [2.45, 2.75) is 37.8 Å². The molecule has 3 N–H and O–H groups in total. The smallest absolute Gasteiger partial charge is 0.346 e. The molecule has 2 aromatic carbocycles. The number of methoxy groups -OCH3 is 3. The van der Waals surface area contributed by atoms with Gasteiger partial charge in [0.2, 0.25) is 12.4 Å². The van der Waals surface area contributed by atoms with E-state index >= 15 is 0 Å². The lowest BCUT2D eigenvalue weighted by molar-refractivity contribution is -0.904. The number of nitrogens with zero attached hydrogens (tertiary/aromatic N) is 2. The maximum atomic E-state index is 13.6. The van der Waals surface area contributed by atoms with E-state index in [4.69, 9.17) is 42.1 Å². The molecule has 4 aromatic rings. The molecule has 5 rings (SSSR count). The van der Waals surface area contributed by atoms with Gasteiger partial charge >= 0.3 is 11.9 Å². The van der Waals surface area contributed by atoms with Gasteiger partial charge in [0.25, 0.3) is 0 Å². The van der Waals surface area contributed by atoms with E-state index in [1.54, 1.807) is 19.2 Å². The van der Waals surface area contributed by atoms with E-state index in [1.165, 1.54) is 26.6 Å². The Morgan fingerprint density at radius 1 is 0.981 bits per heavy atom. The number of hydrogen-bond donors (Lipinski definition) is 3. The molecule has 0 bridgehead atoms. The van der Waals surface area contributed by atoms with Gasteiger partial charge in [0.05, 0.1) is 27.4 Å². The number of halogens is 2. The maximum absolute atomic E-state index is 13.6. The number of aromatic carboxylic acids is 1. The molecule has 0 radical (unpaired) electrons. The second-order valence-corrected chi connectivity index (χ2v) is 14.6. The van der Waals surface area contributed by atoms with Crippen LogP contribution in [0, 0.1) is 5.92 Å². The van der Waals surface area contributed by atoms with E-state index in [9.17, 15) is 19.9 Å². The second-order valence-electron chi connectivity index (χ2n) is 12.6. The largest absolute Gasteiger partial charge is 0.493 e. The number of rotatable bonds is 17. The Morgan fingerprint density at radius 2 is 1.67 bits per heavy atom. The second kappa shape index (κ2) is 18.7. The number of hydrogen-bond acceptors (Lipinski definition) is 10. The molecule has 0 saturated carbocycles. The number of thiophene rings is 1. The van der Waals surface area contributed by atoms with Gasteiger partial charge in [-0.05, 0) is 73.2 Å². The molecular formula is C38H44Cl2N3O8S+. The van der Waals surface area contributed by atoms with Gasteiger partial charge in [0.15, 0.2) is 11.5 Å². The van der Waals surface area contributed by atoms with Crippen molar-refractivity contribution in [2.75, 3.05) is 54.2 Å². The molecule has 11 nitrogen and oxygen atoms in total. The van der Waals surface area contributed by atoms with Crippen LogP contribution in [0.4, 0.5) is 0 Å². The Bertz CT molecular complexity index is 1790. The molecule has 52 heavy (non-hydrogen) atoms. The molecule has 0 spiro atoms. The Labute approximate surface area is 317 Å². The van der Waals surface area contributed by atoms with E-state index in [2.05, 4.69) is 10.2 Å². The number of benzene rings is 2. The summed E-state index contributed by atoms with van der Waals surface area (Å²) in [5.74, 6) is -0.764. The van der Waals surface area contributed by atoms with Gasteiger partial charge in [0.1, 0.15) is 21.0 Å². The number of carbonyl (C=O) groups is 2. The van der Waals surface area contributed by atoms with Crippen molar-refractivity contribution in [3.05, 3.63) is 109 Å². The van der Waals surface area contributed by atoms with E-state index in [0.29, 0.717) is 40.7 Å². The van der Waals surface area contributed by atoms with Crippen molar-refractivity contribution in [1.29, 1.82) is 0 Å². The average molecular weight is 774 g/mol. The molecule has 1 aliphatic heterocycles. The minimum absolute atomic E-state index is 0.132. The molecule has 1 saturated heterocycles. The zero-order chi connectivity index (χ0) is 37.2. The van der Waals surface area contributed by atoms with Crippen LogP contribution in [0.3, 0.4) is 0 Å². The first-order chi connectivity index (χ1) is 25.1. The molecule has 1 aliphatic rings. The lowest BCUT2D eigenvalue weighted by Gasteiger charge is -2.31. The molecule has 0 amide bonds. The van der Waals surface area contributed by atoms with E-state index in [1.807, 2.05) is 42.5 Å². The fraction of sp³-hybridized carbons (Fsp3) is 0.395. The number of carboxylic acid groups (broad SMARTS) is 1. The highest BCUT2D eigenvalue weighted by atomic mass is 35.5. The van der Waals surface area contributed by atoms with Crippen LogP contribution in [0.5, 0.6) is 11.5 Å². The Kier molecular flexibility index (Phi) is 14.2. The van der Waals surface area contributed by atoms with Gasteiger partial charge < -0.3 is 29.0 Å². The molecule has 0 aliphatic carbocycles. The summed E-state index contributed by atoms with van der Waals surface area (Å²) < 4.78 is 22.9. The molecule has 1 fully saturated rings. The van der Waals surface area contributed by atoms with Gasteiger partial charge in [-0.25, -0.2) is 9.59 Å². The highest BCUT2D eigenvalue weighted by Crippen LogP contribution is 2.41. The minimum Gasteiger partial charge on any atom is -0.493 e. The summed E-state index contributed by atoms with van der Waals surface area (Å²) >= 11 is 14.2. The molecule has 278 valence electrons. The van der Waals surface area contributed by atoms with Crippen LogP contribution in [0.25, 0.3) is 0 Å². The zero-order valence-corrected chi connectivity index (χ0v) is 31.7. The molecule has 1 unspecified atom stereocenters. The van der Waals surface area contributed by atoms with Gasteiger partial charge in [0, 0.05) is 41.3 Å². The summed E-state index contributed by atoms with van der Waals surface area (Å²) in [6, 6.07) is 15.8. The number of ether oxygens (including phenoxy) is 4. The molecule has 2 atom stereocenters. The lowest BCUT2D eigenvalue weighted by Crippen LogP contribution is -2.38. The fourth-order valence-electron chi connectivity index (χ4n) is 6.45. The summed E-state index contributed by atoms with van der Waals surface area (Å²) in [7, 11) is 4.77. The number of nitrogens with one attached hydrogen (secondary N) is 1. The summed E-state index contributed by atoms with van der Waals surface area (Å²) in [4.78, 5) is 29.6. The molecular weight excluding hydrogens is 729 g/mol. The van der Waals surface area contributed by atoms with Crippen LogP contribution in [-0.2, 0) is 27.2 Å². The SMILES string of the molecule is COCCN1CCC(COC(=O)C(NCc2cc([C@@H](Cc3c(Cl)c[n+](O)cc3Cl)c3ccc(OC)c(OC)c3)c(C(=O)O)s2)c2ccccc2)CC1. The Morgan fingerprint density at radius 3 is 2.31 bits per heavy atom. The normalized spacial score (nSPS) is 14.9. The van der Waals surface area contributed by atoms with Crippen LogP contribution in [0.1, 0.15) is 61.6 Å². The molecule has 2 aromatic heterocycles. The van der Waals surface area contributed by atoms with Crippen LogP contribution in [0.15, 0.2) is 67.0 Å². The standard InChI is InChI=1S/C38H43Cl2N3O8S/c1-48-16-15-42-13-11-24(12-14-42)23-51-38(46)35(25-7-5-4-6-8-25)41-20-27-18-29(36(52-27)37(44)45)28(19-30-31(39)21-43(47)22-32(30)40)26-9-10-33(49-2)34(17-26)50-3/h4-10,17-18,21-22,24,28,35,41H,11-16,19-20,23H2,1-3H3,(H-,44,45,47)/p+1/t28-,35?/m0/s1. The number of carbonyl (C=O) groups excluding carboxylic acids is 1. The summed E-state index contributed by atoms with van der Waals surface area (Å²) in [5, 5.41) is 24.2. The number of likely N-dealkylation sites (tertiary alicyclic amines) is 1. The van der Waals surface area contributed by atoms with Crippen molar-refractivity contribution >= 4 is 46.5 Å². The third-order valence-electron chi connectivity index (χ3n) is 9.30. The Balaban J connectivity index is 1.40. The number of pyridine rings is 1. The average Bonchev–Trinajstić information content (AvgIpc) is 3.57. The number of esters is 1. The zero-order valence-electron chi connectivity index (χ0n) is 29.3. The first kappa shape index (κ1) is 39.3. The molecule has 3 heterocycles. The predicted molar refractivity (Wildman–Crippen MR) is 198 cm³/mol. The van der Waals surface area contributed by atoms with Crippen LogP contribution < -0.4 is 19.5 Å². The Hall–Kier alpha value is -3.91. The number of aromatic nitrogens is 1. The van der Waals surface area contributed by atoms with Crippen molar-refractivity contribution < 1.29 is 43.6 Å². The first-order valence-electron chi connectivity index (χ1n) is 16.9. The van der Waals surface area contributed by atoms with Gasteiger partial charge in [-0.15, -0.1) is 11.3 Å². The van der Waals surface area contributed by atoms with E-state index in [0.717, 1.165) is 59.7 Å². The van der Waals surface area contributed by atoms with Gasteiger partial charge in [-0.2, -0.15) is 0 Å². The monoisotopic (exact) mass is 772 g/mol. The fourth-order valence-corrected chi connectivity index (χ4v) is 8.07. The lowest BCUT2D eigenvalue weighted by atomic mass is 9.85. The summed E-state index contributed by atoms with van der Waals surface area (Å²) in [5.41, 5.74) is 2.55. The van der Waals surface area contributed by atoms with Crippen molar-refractivity contribution in [2.24, 2.45) is 5.92 Å². The third kappa shape index (κ3) is 9.94. The topological polar surface area (TPSA) is 131 Å². The van der Waals surface area contributed by atoms with Crippen molar-refractivity contribution in [3.8, 4) is 11.5 Å². The third-order valence-corrected chi connectivity index (χ3v) is 11.1. The van der Waals surface area contributed by atoms with Crippen LogP contribution in [0.2, 0.25) is 10.0 Å². The number of carboxylic acids is 1. The van der Waals surface area contributed by atoms with Crippen molar-refractivity contribution in [1.82, 2.24) is 10.2 Å². The minimum atomic E-state index is -1.09. The first-order valence-corrected chi connectivity index (χ1v) is 18.5. The quantitative estimate of drug-likeness (QED) is 0.0630. The highest BCUT2D eigenvalue weighted by Gasteiger charge is 2.30. The van der Waals surface area contributed by atoms with Gasteiger partial charge in [-0.1, -0.05) is 59.6 Å². The number of piperidine rings is 1. The summed E-state index contributed by atoms with van der Waals surface area (Å²) in [6.45, 7) is 4.00. The van der Waals surface area contributed by atoms with Crippen LogP contribution in [-0.4, -0.2) is 81.3 Å². The molecule has 14 heteroatoms. The predicted octanol–water partition coefficient (Wildman–Crippen LogP) is 6.40. The van der Waals surface area contributed by atoms with Crippen LogP contribution >= 0.6 is 34.5 Å². The van der Waals surface area contributed by atoms with E-state index < -0.39 is 17.9 Å². The summed E-state index contributed by atoms with van der Waals surface area (Å²) in [6.07, 6.45) is 4.74.